The van der Waals surface area contributed by atoms with Gasteiger partial charge in [-0.05, 0) is 60.5 Å². The van der Waals surface area contributed by atoms with Crippen molar-refractivity contribution in [2.45, 2.75) is 25.6 Å². The van der Waals surface area contributed by atoms with E-state index in [2.05, 4.69) is 0 Å². The maximum atomic E-state index is 13.7. The van der Waals surface area contributed by atoms with Crippen molar-refractivity contribution in [1.82, 2.24) is 0 Å². The predicted molar refractivity (Wildman–Crippen MR) is 112 cm³/mol. The summed E-state index contributed by atoms with van der Waals surface area (Å²) in [6.45, 7) is 2.48. The lowest BCUT2D eigenvalue weighted by molar-refractivity contribution is -0.138. The maximum Gasteiger partial charge on any atom is 0.416 e. The summed E-state index contributed by atoms with van der Waals surface area (Å²) in [4.78, 5) is 0. The molecule has 0 amide bonds. The SMILES string of the molecule is CCOc1ccc(C2=NN(c3ccccc3)C(c3ccccc3C(F)(F)F)C2)cc1. The normalized spacial score (nSPS) is 16.5. The van der Waals surface area contributed by atoms with Gasteiger partial charge in [-0.2, -0.15) is 18.3 Å². The standard InChI is InChI=1S/C24H21F3N2O/c1-2-30-19-14-12-17(13-15-19)22-16-23(29(28-22)18-8-4-3-5-9-18)20-10-6-7-11-21(20)24(25,26)27/h3-15,23H,2,16H2,1H3. The topological polar surface area (TPSA) is 24.8 Å². The molecule has 1 atom stereocenters. The lowest BCUT2D eigenvalue weighted by Gasteiger charge is -2.26. The molecule has 1 aliphatic rings. The number of hydrogen-bond donors (Lipinski definition) is 0. The van der Waals surface area contributed by atoms with Crippen LogP contribution in [0, 0.1) is 0 Å². The molecule has 0 aliphatic carbocycles. The van der Waals surface area contributed by atoms with E-state index in [9.17, 15) is 13.2 Å². The molecule has 1 aliphatic heterocycles. The zero-order valence-corrected chi connectivity index (χ0v) is 16.4. The highest BCUT2D eigenvalue weighted by molar-refractivity contribution is 6.03. The van der Waals surface area contributed by atoms with E-state index >= 15 is 0 Å². The van der Waals surface area contributed by atoms with Crippen LogP contribution in [0.4, 0.5) is 18.9 Å². The lowest BCUT2D eigenvalue weighted by atomic mass is 9.94. The Hall–Kier alpha value is -3.28. The Labute approximate surface area is 173 Å². The molecular formula is C24H21F3N2O. The average Bonchev–Trinajstić information content (AvgIpc) is 3.20. The van der Waals surface area contributed by atoms with Gasteiger partial charge in [0, 0.05) is 6.42 Å². The van der Waals surface area contributed by atoms with E-state index in [-0.39, 0.29) is 5.56 Å². The molecule has 6 heteroatoms. The Morgan fingerprint density at radius 1 is 0.933 bits per heavy atom. The minimum absolute atomic E-state index is 0.221. The van der Waals surface area contributed by atoms with Crippen LogP contribution in [0.25, 0.3) is 0 Å². The van der Waals surface area contributed by atoms with Crippen molar-refractivity contribution in [3.05, 3.63) is 95.6 Å². The molecule has 154 valence electrons. The maximum absolute atomic E-state index is 13.7. The summed E-state index contributed by atoms with van der Waals surface area (Å²) in [5, 5.41) is 6.42. The van der Waals surface area contributed by atoms with Crippen LogP contribution in [-0.4, -0.2) is 12.3 Å². The molecule has 4 rings (SSSR count). The van der Waals surface area contributed by atoms with Crippen LogP contribution in [0.2, 0.25) is 0 Å². The number of rotatable bonds is 5. The first-order chi connectivity index (χ1) is 14.5. The third-order valence-corrected chi connectivity index (χ3v) is 5.05. The minimum atomic E-state index is -4.43. The molecule has 0 saturated heterocycles. The molecule has 0 aromatic heterocycles. The van der Waals surface area contributed by atoms with E-state index in [0.717, 1.165) is 28.8 Å². The van der Waals surface area contributed by atoms with E-state index < -0.39 is 17.8 Å². The molecule has 0 saturated carbocycles. The Morgan fingerprint density at radius 3 is 2.27 bits per heavy atom. The summed E-state index contributed by atoms with van der Waals surface area (Å²) in [6, 6.07) is 22.0. The predicted octanol–water partition coefficient (Wildman–Crippen LogP) is 6.46. The molecule has 1 unspecified atom stereocenters. The van der Waals surface area contributed by atoms with Crippen molar-refractivity contribution in [2.24, 2.45) is 5.10 Å². The van der Waals surface area contributed by atoms with E-state index in [1.807, 2.05) is 61.5 Å². The number of alkyl halides is 3. The first-order valence-electron chi connectivity index (χ1n) is 9.78. The van der Waals surface area contributed by atoms with Crippen molar-refractivity contribution in [1.29, 1.82) is 0 Å². The second kappa shape index (κ2) is 8.22. The summed E-state index contributed by atoms with van der Waals surface area (Å²) >= 11 is 0. The Balaban J connectivity index is 1.75. The zero-order chi connectivity index (χ0) is 21.1. The summed E-state index contributed by atoms with van der Waals surface area (Å²) in [5.41, 5.74) is 1.95. The van der Waals surface area contributed by atoms with Crippen molar-refractivity contribution < 1.29 is 17.9 Å². The van der Waals surface area contributed by atoms with Crippen LogP contribution in [0.3, 0.4) is 0 Å². The fourth-order valence-corrected chi connectivity index (χ4v) is 3.70. The molecule has 0 spiro atoms. The molecule has 30 heavy (non-hydrogen) atoms. The molecule has 1 heterocycles. The molecule has 3 aromatic rings. The Bertz CT molecular complexity index is 1030. The van der Waals surface area contributed by atoms with Gasteiger partial charge in [-0.3, -0.25) is 5.01 Å². The van der Waals surface area contributed by atoms with E-state index in [4.69, 9.17) is 9.84 Å². The van der Waals surface area contributed by atoms with Crippen LogP contribution in [0.1, 0.15) is 36.1 Å². The van der Waals surface area contributed by atoms with Crippen molar-refractivity contribution in [2.75, 3.05) is 11.6 Å². The van der Waals surface area contributed by atoms with Gasteiger partial charge in [0.05, 0.1) is 29.6 Å². The third kappa shape index (κ3) is 4.03. The second-order valence-electron chi connectivity index (χ2n) is 6.99. The molecular weight excluding hydrogens is 389 g/mol. The first kappa shape index (κ1) is 20.0. The van der Waals surface area contributed by atoms with Gasteiger partial charge in [0.1, 0.15) is 5.75 Å². The second-order valence-corrected chi connectivity index (χ2v) is 6.99. The van der Waals surface area contributed by atoms with Crippen molar-refractivity contribution in [3.63, 3.8) is 0 Å². The largest absolute Gasteiger partial charge is 0.494 e. The van der Waals surface area contributed by atoms with Crippen molar-refractivity contribution >= 4 is 11.4 Å². The quantitative estimate of drug-likeness (QED) is 0.482. The summed E-state index contributed by atoms with van der Waals surface area (Å²) in [5.74, 6) is 0.749. The number of hydrazone groups is 1. The number of nitrogens with zero attached hydrogens (tertiary/aromatic N) is 2. The van der Waals surface area contributed by atoms with Gasteiger partial charge in [-0.15, -0.1) is 0 Å². The molecule has 0 N–H and O–H groups in total. The lowest BCUT2D eigenvalue weighted by Crippen LogP contribution is -2.22. The number of hydrogen-bond acceptors (Lipinski definition) is 3. The highest BCUT2D eigenvalue weighted by Gasteiger charge is 2.39. The highest BCUT2D eigenvalue weighted by Crippen LogP contribution is 2.42. The number of benzene rings is 3. The number of halogens is 3. The molecule has 3 nitrogen and oxygen atoms in total. The van der Waals surface area contributed by atoms with Crippen LogP contribution < -0.4 is 9.75 Å². The van der Waals surface area contributed by atoms with E-state index in [0.29, 0.717) is 13.0 Å². The molecule has 0 radical (unpaired) electrons. The Kier molecular flexibility index (Phi) is 5.48. The monoisotopic (exact) mass is 410 g/mol. The fourth-order valence-electron chi connectivity index (χ4n) is 3.70. The van der Waals surface area contributed by atoms with Crippen molar-refractivity contribution in [3.8, 4) is 5.75 Å². The first-order valence-corrected chi connectivity index (χ1v) is 9.78. The number of ether oxygens (including phenoxy) is 1. The summed E-state index contributed by atoms with van der Waals surface area (Å²) in [6.07, 6.45) is -4.06. The van der Waals surface area contributed by atoms with E-state index in [1.165, 1.54) is 6.07 Å². The van der Waals surface area contributed by atoms with Crippen LogP contribution in [-0.2, 0) is 6.18 Å². The fraction of sp³-hybridized carbons (Fsp3) is 0.208. The van der Waals surface area contributed by atoms with Gasteiger partial charge in [0.25, 0.3) is 0 Å². The highest BCUT2D eigenvalue weighted by atomic mass is 19.4. The van der Waals surface area contributed by atoms with E-state index in [1.54, 1.807) is 17.1 Å². The molecule has 0 bridgehead atoms. The van der Waals surface area contributed by atoms with Gasteiger partial charge >= 0.3 is 6.18 Å². The summed E-state index contributed by atoms with van der Waals surface area (Å²) in [7, 11) is 0. The molecule has 0 fully saturated rings. The zero-order valence-electron chi connectivity index (χ0n) is 16.4. The smallest absolute Gasteiger partial charge is 0.416 e. The number of anilines is 1. The van der Waals surface area contributed by atoms with Gasteiger partial charge in [0.2, 0.25) is 0 Å². The van der Waals surface area contributed by atoms with Gasteiger partial charge < -0.3 is 4.74 Å². The number of para-hydroxylation sites is 1. The minimum Gasteiger partial charge on any atom is -0.494 e. The van der Waals surface area contributed by atoms with Gasteiger partial charge in [-0.1, -0.05) is 36.4 Å². The van der Waals surface area contributed by atoms with Gasteiger partial charge in [-0.25, -0.2) is 0 Å². The summed E-state index contributed by atoms with van der Waals surface area (Å²) < 4.78 is 46.6. The molecule has 3 aromatic carbocycles. The van der Waals surface area contributed by atoms with Crippen LogP contribution >= 0.6 is 0 Å². The third-order valence-electron chi connectivity index (χ3n) is 5.05. The van der Waals surface area contributed by atoms with Gasteiger partial charge in [0.15, 0.2) is 0 Å². The van der Waals surface area contributed by atoms with Crippen LogP contribution in [0.5, 0.6) is 5.75 Å². The Morgan fingerprint density at radius 2 is 1.60 bits per heavy atom. The average molecular weight is 410 g/mol. The van der Waals surface area contributed by atoms with Crippen LogP contribution in [0.15, 0.2) is 84.0 Å².